The molecule has 7 aromatic carbocycles. The SMILES string of the molecule is [2H]c1c([2H])c(-c2ccccc2)c([2H])c(-c2c3ccccc3c(-c3c([2H])c([2H])c([2H])c4oc5c([2H])c([2H])c([2H])c([2H])c5c34)c3ccccc23)c1[2H]. The molecule has 0 saturated heterocycles. The molecule has 0 atom stereocenters. The van der Waals surface area contributed by atoms with Gasteiger partial charge >= 0.3 is 0 Å². The minimum atomic E-state index is -0.508. The summed E-state index contributed by atoms with van der Waals surface area (Å²) in [5, 5.41) is 2.32. The maximum absolute atomic E-state index is 9.43. The Hall–Kier alpha value is -5.14. The summed E-state index contributed by atoms with van der Waals surface area (Å²) in [6, 6.07) is 19.3. The highest BCUT2D eigenvalue weighted by molar-refractivity contribution is 6.25. The van der Waals surface area contributed by atoms with Crippen LogP contribution < -0.4 is 0 Å². The van der Waals surface area contributed by atoms with Gasteiger partial charge in [0.2, 0.25) is 0 Å². The van der Waals surface area contributed by atoms with E-state index in [4.69, 9.17) is 16.8 Å². The first-order chi connectivity index (χ1) is 24.0. The molecule has 0 aliphatic rings. The Balaban J connectivity index is 1.61. The van der Waals surface area contributed by atoms with Crippen LogP contribution in [0.2, 0.25) is 0 Å². The molecule has 8 aromatic rings. The van der Waals surface area contributed by atoms with Gasteiger partial charge in [0.15, 0.2) is 0 Å². The van der Waals surface area contributed by atoms with E-state index >= 15 is 0 Å². The number of benzene rings is 7. The molecule has 1 aromatic heterocycles. The van der Waals surface area contributed by atoms with Crippen LogP contribution in [0.15, 0.2) is 150 Å². The molecule has 0 N–H and O–H groups in total. The lowest BCUT2D eigenvalue weighted by Crippen LogP contribution is -1.91. The van der Waals surface area contributed by atoms with Crippen molar-refractivity contribution in [3.8, 4) is 33.4 Å². The number of fused-ring (bicyclic) bond motifs is 5. The lowest BCUT2D eigenvalue weighted by Gasteiger charge is -2.18. The minimum Gasteiger partial charge on any atom is -0.456 e. The molecule has 0 saturated carbocycles. The Labute approximate surface area is 242 Å². The highest BCUT2D eigenvalue weighted by Crippen LogP contribution is 2.47. The lowest BCUT2D eigenvalue weighted by atomic mass is 9.84. The monoisotopic (exact) mass is 507 g/mol. The lowest BCUT2D eigenvalue weighted by molar-refractivity contribution is 0.669. The molecule has 1 heteroatoms. The molecular weight excluding hydrogens is 472 g/mol. The summed E-state index contributed by atoms with van der Waals surface area (Å²) < 4.78 is 103. The van der Waals surface area contributed by atoms with Gasteiger partial charge in [-0.05, 0) is 73.1 Å². The fraction of sp³-hybridized carbons (Fsp3) is 0. The third-order valence-electron chi connectivity index (χ3n) is 7.07. The standard InChI is InChI=1S/C38H24O/c1-2-12-25(13-3-1)26-14-10-15-27(24-26)36-28-16-4-6-18-30(28)37(31-19-7-5-17-29(31)36)33-21-11-23-35-38(33)32-20-8-9-22-34(32)39-35/h1-24H/i8D,9D,10D,11D,14D,15D,20D,21D,22D,23D,24D. The number of hydrogen-bond acceptors (Lipinski definition) is 1. The van der Waals surface area contributed by atoms with E-state index in [1.54, 1.807) is 72.8 Å². The van der Waals surface area contributed by atoms with Crippen LogP contribution in [-0.4, -0.2) is 0 Å². The molecule has 182 valence electrons. The van der Waals surface area contributed by atoms with E-state index in [-0.39, 0.29) is 68.8 Å². The van der Waals surface area contributed by atoms with E-state index in [0.717, 1.165) is 0 Å². The second kappa shape index (κ2) is 8.72. The second-order valence-corrected chi connectivity index (χ2v) is 9.22. The molecule has 0 radical (unpaired) electrons. The van der Waals surface area contributed by atoms with Crippen molar-refractivity contribution in [2.75, 3.05) is 0 Å². The number of furan rings is 1. The molecule has 0 amide bonds. The van der Waals surface area contributed by atoms with Crippen LogP contribution in [-0.2, 0) is 0 Å². The van der Waals surface area contributed by atoms with Gasteiger partial charge in [0, 0.05) is 10.8 Å². The normalized spacial score (nSPS) is 15.5. The van der Waals surface area contributed by atoms with Gasteiger partial charge in [-0.1, -0.05) is 127 Å². The van der Waals surface area contributed by atoms with Crippen LogP contribution in [0.5, 0.6) is 0 Å². The average Bonchev–Trinajstić information content (AvgIpc) is 3.53. The van der Waals surface area contributed by atoms with Gasteiger partial charge in [-0.15, -0.1) is 0 Å². The fourth-order valence-electron chi connectivity index (χ4n) is 5.43. The topological polar surface area (TPSA) is 13.1 Å². The zero-order valence-corrected chi connectivity index (χ0v) is 20.4. The fourth-order valence-corrected chi connectivity index (χ4v) is 5.43. The highest BCUT2D eigenvalue weighted by atomic mass is 16.3. The number of rotatable bonds is 3. The first-order valence-corrected chi connectivity index (χ1v) is 12.5. The smallest absolute Gasteiger partial charge is 0.136 e. The third-order valence-corrected chi connectivity index (χ3v) is 7.07. The first-order valence-electron chi connectivity index (χ1n) is 18.0. The van der Waals surface area contributed by atoms with E-state index in [1.807, 2.05) is 6.07 Å². The van der Waals surface area contributed by atoms with Crippen molar-refractivity contribution in [2.24, 2.45) is 0 Å². The van der Waals surface area contributed by atoms with Gasteiger partial charge in [0.25, 0.3) is 0 Å². The van der Waals surface area contributed by atoms with Gasteiger partial charge in [-0.2, -0.15) is 0 Å². The molecule has 0 unspecified atom stereocenters. The van der Waals surface area contributed by atoms with Crippen molar-refractivity contribution in [1.82, 2.24) is 0 Å². The van der Waals surface area contributed by atoms with Gasteiger partial charge < -0.3 is 4.42 Å². The van der Waals surface area contributed by atoms with Crippen LogP contribution in [0, 0.1) is 0 Å². The minimum absolute atomic E-state index is 0.000451. The quantitative estimate of drug-likeness (QED) is 0.217. The van der Waals surface area contributed by atoms with E-state index in [9.17, 15) is 2.74 Å². The van der Waals surface area contributed by atoms with Gasteiger partial charge in [-0.3, -0.25) is 0 Å². The Morgan fingerprint density at radius 3 is 1.77 bits per heavy atom. The maximum Gasteiger partial charge on any atom is 0.136 e. The Bertz CT molecular complexity index is 2710. The molecule has 39 heavy (non-hydrogen) atoms. The van der Waals surface area contributed by atoms with Crippen molar-refractivity contribution < 1.29 is 19.5 Å². The van der Waals surface area contributed by atoms with Crippen LogP contribution in [0.25, 0.3) is 76.9 Å². The summed E-state index contributed by atoms with van der Waals surface area (Å²) in [5.41, 5.74) is 1.70. The first kappa shape index (κ1) is 13.6. The molecular formula is C38H24O. The van der Waals surface area contributed by atoms with Crippen molar-refractivity contribution in [2.45, 2.75) is 0 Å². The summed E-state index contributed by atoms with van der Waals surface area (Å²) in [6.07, 6.45) is 0. The van der Waals surface area contributed by atoms with E-state index in [1.165, 1.54) is 0 Å². The predicted molar refractivity (Wildman–Crippen MR) is 165 cm³/mol. The molecule has 1 nitrogen and oxygen atoms in total. The van der Waals surface area contributed by atoms with Crippen molar-refractivity contribution in [3.05, 3.63) is 145 Å². The average molecular weight is 508 g/mol. The summed E-state index contributed by atoms with van der Waals surface area (Å²) in [6.45, 7) is 0. The van der Waals surface area contributed by atoms with E-state index < -0.39 is 36.3 Å². The maximum atomic E-state index is 9.43. The molecule has 0 fully saturated rings. The summed E-state index contributed by atoms with van der Waals surface area (Å²) in [5.74, 6) is 0. The Morgan fingerprint density at radius 1 is 0.436 bits per heavy atom. The Morgan fingerprint density at radius 2 is 1.03 bits per heavy atom. The van der Waals surface area contributed by atoms with Crippen LogP contribution in [0.1, 0.15) is 15.1 Å². The van der Waals surface area contributed by atoms with Gasteiger partial charge in [-0.25, -0.2) is 0 Å². The molecule has 1 heterocycles. The summed E-state index contributed by atoms with van der Waals surface area (Å²) >= 11 is 0. The molecule has 8 rings (SSSR count). The number of hydrogen-bond donors (Lipinski definition) is 0. The van der Waals surface area contributed by atoms with Crippen molar-refractivity contribution >= 4 is 43.5 Å². The summed E-state index contributed by atoms with van der Waals surface area (Å²) in [7, 11) is 0. The molecule has 0 spiro atoms. The van der Waals surface area contributed by atoms with Gasteiger partial charge in [0.1, 0.15) is 11.2 Å². The van der Waals surface area contributed by atoms with Crippen molar-refractivity contribution in [1.29, 1.82) is 0 Å². The second-order valence-electron chi connectivity index (χ2n) is 9.22. The summed E-state index contributed by atoms with van der Waals surface area (Å²) in [4.78, 5) is 0. The van der Waals surface area contributed by atoms with E-state index in [2.05, 4.69) is 0 Å². The zero-order chi connectivity index (χ0) is 35.3. The van der Waals surface area contributed by atoms with Crippen LogP contribution >= 0.6 is 0 Å². The van der Waals surface area contributed by atoms with E-state index in [0.29, 0.717) is 38.2 Å². The van der Waals surface area contributed by atoms with Crippen LogP contribution in [0.3, 0.4) is 0 Å². The predicted octanol–water partition coefficient (Wildman–Crippen LogP) is 10.9. The third kappa shape index (κ3) is 3.41. The number of para-hydroxylation sites is 1. The molecule has 0 aliphatic carbocycles. The largest absolute Gasteiger partial charge is 0.456 e. The molecule has 0 bridgehead atoms. The van der Waals surface area contributed by atoms with Crippen molar-refractivity contribution in [3.63, 3.8) is 0 Å². The molecule has 0 aliphatic heterocycles. The zero-order valence-electron chi connectivity index (χ0n) is 31.4. The Kier molecular flexibility index (Phi) is 3.04. The van der Waals surface area contributed by atoms with Crippen LogP contribution in [0.4, 0.5) is 0 Å². The van der Waals surface area contributed by atoms with Gasteiger partial charge in [0.05, 0.1) is 15.1 Å². The highest BCUT2D eigenvalue weighted by Gasteiger charge is 2.20.